The van der Waals surface area contributed by atoms with E-state index in [1.54, 1.807) is 12.1 Å². The quantitative estimate of drug-likeness (QED) is 0.316. The molecule has 0 fully saturated rings. The second kappa shape index (κ2) is 7.82. The number of anilines is 1. The highest BCUT2D eigenvalue weighted by Crippen LogP contribution is 2.29. The number of pyridine rings is 1. The minimum absolute atomic E-state index is 0.426. The number of rotatable bonds is 3. The lowest BCUT2D eigenvalue weighted by atomic mass is 10.1. The van der Waals surface area contributed by atoms with Gasteiger partial charge in [-0.15, -0.1) is 0 Å². The van der Waals surface area contributed by atoms with Crippen molar-refractivity contribution in [2.45, 2.75) is 0 Å². The summed E-state index contributed by atoms with van der Waals surface area (Å²) in [6, 6.07) is 26.9. The first-order chi connectivity index (χ1) is 14.7. The predicted molar refractivity (Wildman–Crippen MR) is 123 cm³/mol. The summed E-state index contributed by atoms with van der Waals surface area (Å²) in [5.74, 6) is 1.29. The number of benzene rings is 3. The molecule has 30 heavy (non-hydrogen) atoms. The van der Waals surface area contributed by atoms with Gasteiger partial charge in [-0.2, -0.15) is 5.10 Å². The molecule has 5 rings (SSSR count). The molecule has 4 nitrogen and oxygen atoms in total. The largest absolute Gasteiger partial charge is 0.454 e. The van der Waals surface area contributed by atoms with Crippen LogP contribution in [0.2, 0.25) is 10.0 Å². The first kappa shape index (κ1) is 18.7. The lowest BCUT2D eigenvalue weighted by molar-refractivity contribution is 0.618. The molecule has 0 radical (unpaired) electrons. The highest BCUT2D eigenvalue weighted by molar-refractivity contribution is 6.38. The number of halogens is 2. The molecule has 0 unspecified atom stereocenters. The van der Waals surface area contributed by atoms with E-state index in [2.05, 4.69) is 15.5 Å². The molecular formula is C24H15Cl2N3O. The topological polar surface area (TPSA) is 50.4 Å². The number of nitrogens with zero attached hydrogens (tertiary/aromatic N) is 2. The smallest absolute Gasteiger partial charge is 0.155 e. The highest BCUT2D eigenvalue weighted by atomic mass is 35.5. The molecule has 6 heteroatoms. The zero-order chi connectivity index (χ0) is 20.5. The summed E-state index contributed by atoms with van der Waals surface area (Å²) in [4.78, 5) is 4.61. The normalized spacial score (nSPS) is 11.9. The molecule has 0 aliphatic carbocycles. The number of aromatic nitrogens is 1. The number of para-hydroxylation sites is 1. The maximum atomic E-state index is 6.42. The van der Waals surface area contributed by atoms with E-state index < -0.39 is 0 Å². The monoisotopic (exact) mass is 431 g/mol. The molecule has 0 spiro atoms. The second-order valence-corrected chi connectivity index (χ2v) is 7.58. The first-order valence-electron chi connectivity index (χ1n) is 9.31. The summed E-state index contributed by atoms with van der Waals surface area (Å²) >= 11 is 12.7. The first-order valence-corrected chi connectivity index (χ1v) is 10.1. The van der Waals surface area contributed by atoms with Gasteiger partial charge in [0.25, 0.3) is 0 Å². The zero-order valence-electron chi connectivity index (χ0n) is 15.6. The maximum Gasteiger partial charge on any atom is 0.155 e. The molecule has 5 aromatic rings. The number of hydrogen-bond donors (Lipinski definition) is 1. The Labute approximate surface area is 182 Å². The molecule has 0 aliphatic heterocycles. The Morgan fingerprint density at radius 3 is 2.50 bits per heavy atom. The van der Waals surface area contributed by atoms with Crippen LogP contribution in [0.4, 0.5) is 5.82 Å². The van der Waals surface area contributed by atoms with Gasteiger partial charge in [0.1, 0.15) is 11.6 Å². The van der Waals surface area contributed by atoms with Crippen molar-refractivity contribution >= 4 is 50.9 Å². The van der Waals surface area contributed by atoms with E-state index in [9.17, 15) is 0 Å². The molecule has 3 aromatic carbocycles. The molecule has 2 aromatic heterocycles. The van der Waals surface area contributed by atoms with Crippen molar-refractivity contribution in [2.75, 3.05) is 5.43 Å². The summed E-state index contributed by atoms with van der Waals surface area (Å²) in [6.45, 7) is 0. The Bertz CT molecular complexity index is 1450. The van der Waals surface area contributed by atoms with E-state index in [1.165, 1.54) is 0 Å². The van der Waals surface area contributed by atoms with Gasteiger partial charge >= 0.3 is 0 Å². The molecule has 0 atom stereocenters. The van der Waals surface area contributed by atoms with Gasteiger partial charge < -0.3 is 4.42 Å². The molecule has 0 aliphatic rings. The molecule has 146 valence electrons. The van der Waals surface area contributed by atoms with E-state index in [-0.39, 0.29) is 0 Å². The van der Waals surface area contributed by atoms with Crippen LogP contribution in [0.25, 0.3) is 33.2 Å². The third-order valence-electron chi connectivity index (χ3n) is 4.71. The third kappa shape index (κ3) is 3.63. The summed E-state index contributed by atoms with van der Waals surface area (Å²) in [7, 11) is 0. The molecule has 1 N–H and O–H groups in total. The van der Waals surface area contributed by atoms with Crippen molar-refractivity contribution in [1.29, 1.82) is 0 Å². The van der Waals surface area contributed by atoms with Crippen molar-refractivity contribution in [2.24, 2.45) is 5.10 Å². The predicted octanol–water partition coefficient (Wildman–Crippen LogP) is 6.88. The van der Waals surface area contributed by atoms with Crippen molar-refractivity contribution in [3.05, 3.63) is 100 Å². The number of nitrogens with one attached hydrogen (secondary N) is 1. The van der Waals surface area contributed by atoms with Crippen LogP contribution in [-0.4, -0.2) is 4.98 Å². The van der Waals surface area contributed by atoms with Crippen LogP contribution in [0.5, 0.6) is 0 Å². The van der Waals surface area contributed by atoms with Gasteiger partial charge in [-0.05, 0) is 30.3 Å². The lowest BCUT2D eigenvalue weighted by Crippen LogP contribution is -2.08. The summed E-state index contributed by atoms with van der Waals surface area (Å²) in [6.07, 6.45) is 0. The summed E-state index contributed by atoms with van der Waals surface area (Å²) < 4.78 is 6.09. The van der Waals surface area contributed by atoms with E-state index in [0.717, 1.165) is 16.5 Å². The van der Waals surface area contributed by atoms with Crippen LogP contribution in [0.3, 0.4) is 0 Å². The average molecular weight is 432 g/mol. The van der Waals surface area contributed by atoms with Gasteiger partial charge in [-0.3, -0.25) is 5.43 Å². The number of hydrogen-bond acceptors (Lipinski definition) is 4. The van der Waals surface area contributed by atoms with Crippen LogP contribution in [0, 0.1) is 0 Å². The van der Waals surface area contributed by atoms with Gasteiger partial charge in [-0.25, -0.2) is 4.98 Å². The van der Waals surface area contributed by atoms with Crippen molar-refractivity contribution in [3.8, 4) is 11.3 Å². The molecule has 0 amide bonds. The Morgan fingerprint density at radius 2 is 1.63 bits per heavy atom. The van der Waals surface area contributed by atoms with Crippen molar-refractivity contribution in [3.63, 3.8) is 0 Å². The minimum Gasteiger partial charge on any atom is -0.454 e. The second-order valence-electron chi connectivity index (χ2n) is 6.74. The van der Waals surface area contributed by atoms with Crippen molar-refractivity contribution < 1.29 is 4.42 Å². The Hall–Kier alpha value is -3.34. The van der Waals surface area contributed by atoms with E-state index >= 15 is 0 Å². The van der Waals surface area contributed by atoms with E-state index in [1.807, 2.05) is 72.8 Å². The lowest BCUT2D eigenvalue weighted by Gasteiger charge is -2.07. The zero-order valence-corrected chi connectivity index (χ0v) is 17.2. The Balaban J connectivity index is 1.67. The van der Waals surface area contributed by atoms with Crippen LogP contribution < -0.4 is 10.8 Å². The minimum atomic E-state index is 0.426. The molecular weight excluding hydrogens is 417 g/mol. The fourth-order valence-corrected chi connectivity index (χ4v) is 3.81. The average Bonchev–Trinajstić information content (AvgIpc) is 2.78. The Morgan fingerprint density at radius 1 is 0.833 bits per heavy atom. The van der Waals surface area contributed by atoms with Crippen LogP contribution >= 0.6 is 23.2 Å². The van der Waals surface area contributed by atoms with Crippen LogP contribution in [0.15, 0.2) is 94.4 Å². The van der Waals surface area contributed by atoms with Gasteiger partial charge in [0.05, 0.1) is 15.9 Å². The van der Waals surface area contributed by atoms with Gasteiger partial charge in [0, 0.05) is 27.4 Å². The van der Waals surface area contributed by atoms with Crippen molar-refractivity contribution in [1.82, 2.24) is 4.98 Å². The summed E-state index contributed by atoms with van der Waals surface area (Å²) in [5, 5.41) is 7.95. The van der Waals surface area contributed by atoms with E-state index in [0.29, 0.717) is 37.9 Å². The standard InChI is InChI=1S/C24H15Cl2N3O/c25-17-12-18-21(28-29-23-11-10-15-6-4-5-9-20(15)27-23)14-22(16-7-2-1-3-8-16)30-24(18)19(26)13-17/h1-14H,(H,27,29). The maximum absolute atomic E-state index is 6.42. The SMILES string of the molecule is Clc1cc(Cl)c2oc(-c3ccccc3)cc(=NNc3ccc4ccccc4n3)c2c1. The fourth-order valence-electron chi connectivity index (χ4n) is 3.28. The summed E-state index contributed by atoms with van der Waals surface area (Å²) in [5.41, 5.74) is 5.38. The van der Waals surface area contributed by atoms with Gasteiger partial charge in [0.2, 0.25) is 0 Å². The van der Waals surface area contributed by atoms with Crippen LogP contribution in [-0.2, 0) is 0 Å². The van der Waals surface area contributed by atoms with E-state index in [4.69, 9.17) is 27.6 Å². The molecule has 0 saturated carbocycles. The fraction of sp³-hybridized carbons (Fsp3) is 0. The number of fused-ring (bicyclic) bond motifs is 2. The molecule has 0 saturated heterocycles. The Kier molecular flexibility index (Phi) is 4.87. The van der Waals surface area contributed by atoms with Gasteiger partial charge in [0.15, 0.2) is 5.58 Å². The highest BCUT2D eigenvalue weighted by Gasteiger charge is 2.10. The molecule has 0 bridgehead atoms. The van der Waals surface area contributed by atoms with Gasteiger partial charge in [-0.1, -0.05) is 71.7 Å². The van der Waals surface area contributed by atoms with Crippen LogP contribution in [0.1, 0.15) is 0 Å². The molecule has 2 heterocycles. The third-order valence-corrected chi connectivity index (χ3v) is 5.21.